The zero-order valence-electron chi connectivity index (χ0n) is 6.71. The van der Waals surface area contributed by atoms with Crippen LogP contribution >= 0.6 is 0 Å². The Morgan fingerprint density at radius 1 is 1.50 bits per heavy atom. The van der Waals surface area contributed by atoms with Crippen LogP contribution < -0.4 is 10.5 Å². The molecule has 1 aromatic carbocycles. The maximum Gasteiger partial charge on any atom is 0.123 e. The third-order valence-corrected chi connectivity index (χ3v) is 2.12. The Morgan fingerprint density at radius 2 is 2.33 bits per heavy atom. The van der Waals surface area contributed by atoms with E-state index in [4.69, 9.17) is 15.6 Å². The van der Waals surface area contributed by atoms with E-state index in [-0.39, 0.29) is 6.61 Å². The summed E-state index contributed by atoms with van der Waals surface area (Å²) in [5.41, 5.74) is 8.23. The molecule has 1 aromatic rings. The molecule has 1 aliphatic rings. The molecule has 0 radical (unpaired) electrons. The zero-order valence-corrected chi connectivity index (χ0v) is 6.71. The number of rotatable bonds is 1. The van der Waals surface area contributed by atoms with E-state index >= 15 is 0 Å². The zero-order chi connectivity index (χ0) is 8.55. The third kappa shape index (κ3) is 1.02. The number of hydrogen-bond acceptors (Lipinski definition) is 3. The molecule has 3 nitrogen and oxygen atoms in total. The normalized spacial score (nSPS) is 14.1. The lowest BCUT2D eigenvalue weighted by Crippen LogP contribution is -1.95. The van der Waals surface area contributed by atoms with E-state index in [1.54, 1.807) is 0 Å². The fourth-order valence-corrected chi connectivity index (χ4v) is 1.42. The van der Waals surface area contributed by atoms with Crippen molar-refractivity contribution in [1.82, 2.24) is 0 Å². The first kappa shape index (κ1) is 7.43. The van der Waals surface area contributed by atoms with Crippen molar-refractivity contribution in [2.45, 2.75) is 13.0 Å². The van der Waals surface area contributed by atoms with Crippen molar-refractivity contribution in [2.75, 3.05) is 12.3 Å². The molecule has 0 unspecified atom stereocenters. The minimum Gasteiger partial charge on any atom is -0.493 e. The number of hydrogen-bond donors (Lipinski definition) is 2. The van der Waals surface area contributed by atoms with Gasteiger partial charge in [0.1, 0.15) is 5.75 Å². The van der Waals surface area contributed by atoms with Gasteiger partial charge in [-0.25, -0.2) is 0 Å². The summed E-state index contributed by atoms with van der Waals surface area (Å²) in [5, 5.41) is 8.91. The van der Waals surface area contributed by atoms with Crippen LogP contribution in [0.25, 0.3) is 0 Å². The van der Waals surface area contributed by atoms with Gasteiger partial charge in [0.2, 0.25) is 0 Å². The number of aliphatic hydroxyl groups excluding tert-OH is 1. The van der Waals surface area contributed by atoms with Gasteiger partial charge in [0, 0.05) is 17.7 Å². The number of nitrogen functional groups attached to an aromatic ring is 1. The predicted molar refractivity (Wildman–Crippen MR) is 46.0 cm³/mol. The summed E-state index contributed by atoms with van der Waals surface area (Å²) in [6.45, 7) is 0.701. The number of nitrogens with two attached hydrogens (primary N) is 1. The Labute approximate surface area is 70.8 Å². The SMILES string of the molecule is Nc1cc2c(cc1CO)OCC2. The number of fused-ring (bicyclic) bond motifs is 1. The first-order valence-electron chi connectivity index (χ1n) is 3.96. The van der Waals surface area contributed by atoms with Crippen molar-refractivity contribution in [2.24, 2.45) is 0 Å². The average molecular weight is 165 g/mol. The van der Waals surface area contributed by atoms with Crippen molar-refractivity contribution in [3.05, 3.63) is 23.3 Å². The molecule has 0 spiro atoms. The molecule has 1 heterocycles. The second kappa shape index (κ2) is 2.68. The van der Waals surface area contributed by atoms with E-state index in [9.17, 15) is 0 Å². The Bertz CT molecular complexity index is 309. The minimum atomic E-state index is -0.0253. The van der Waals surface area contributed by atoms with E-state index < -0.39 is 0 Å². The van der Waals surface area contributed by atoms with Crippen LogP contribution in [0.4, 0.5) is 5.69 Å². The lowest BCUT2D eigenvalue weighted by molar-refractivity contribution is 0.281. The van der Waals surface area contributed by atoms with Gasteiger partial charge in [-0.2, -0.15) is 0 Å². The predicted octanol–water partition coefficient (Wildman–Crippen LogP) is 0.696. The fourth-order valence-electron chi connectivity index (χ4n) is 1.42. The molecule has 0 aromatic heterocycles. The molecule has 3 heteroatoms. The van der Waals surface area contributed by atoms with E-state index in [1.807, 2.05) is 12.1 Å². The van der Waals surface area contributed by atoms with Crippen LogP contribution in [0.1, 0.15) is 11.1 Å². The molecule has 1 aliphatic heterocycles. The summed E-state index contributed by atoms with van der Waals surface area (Å²) >= 11 is 0. The van der Waals surface area contributed by atoms with Gasteiger partial charge in [-0.05, 0) is 17.7 Å². The molecule has 0 bridgehead atoms. The second-order valence-electron chi connectivity index (χ2n) is 2.92. The first-order valence-corrected chi connectivity index (χ1v) is 3.96. The summed E-state index contributed by atoms with van der Waals surface area (Å²) in [6, 6.07) is 3.70. The van der Waals surface area contributed by atoms with Crippen molar-refractivity contribution >= 4 is 5.69 Å². The number of aliphatic hydroxyl groups is 1. The molecule has 0 amide bonds. The van der Waals surface area contributed by atoms with Gasteiger partial charge in [0.15, 0.2) is 0 Å². The summed E-state index contributed by atoms with van der Waals surface area (Å²) in [5.74, 6) is 0.869. The lowest BCUT2D eigenvalue weighted by Gasteiger charge is -2.05. The van der Waals surface area contributed by atoms with Gasteiger partial charge in [0.25, 0.3) is 0 Å². The highest BCUT2D eigenvalue weighted by Gasteiger charge is 2.13. The molecule has 2 rings (SSSR count). The number of benzene rings is 1. The van der Waals surface area contributed by atoms with Gasteiger partial charge >= 0.3 is 0 Å². The quantitative estimate of drug-likeness (QED) is 0.602. The van der Waals surface area contributed by atoms with Crippen LogP contribution in [0, 0.1) is 0 Å². The fraction of sp³-hybridized carbons (Fsp3) is 0.333. The van der Waals surface area contributed by atoms with E-state index in [2.05, 4.69) is 0 Å². The Kier molecular flexibility index (Phi) is 1.66. The maximum absolute atomic E-state index is 8.91. The Balaban J connectivity index is 2.49. The van der Waals surface area contributed by atoms with Gasteiger partial charge in [-0.15, -0.1) is 0 Å². The molecular formula is C9H11NO2. The molecule has 0 aliphatic carbocycles. The highest BCUT2D eigenvalue weighted by atomic mass is 16.5. The van der Waals surface area contributed by atoms with Gasteiger partial charge in [0.05, 0.1) is 13.2 Å². The Hall–Kier alpha value is -1.22. The molecular weight excluding hydrogens is 154 g/mol. The third-order valence-electron chi connectivity index (χ3n) is 2.12. The molecule has 0 atom stereocenters. The van der Waals surface area contributed by atoms with Gasteiger partial charge < -0.3 is 15.6 Å². The summed E-state index contributed by atoms with van der Waals surface area (Å²) in [6.07, 6.45) is 0.922. The highest BCUT2D eigenvalue weighted by Crippen LogP contribution is 2.29. The molecule has 12 heavy (non-hydrogen) atoms. The monoisotopic (exact) mass is 165 g/mol. The number of ether oxygens (including phenoxy) is 1. The van der Waals surface area contributed by atoms with E-state index in [0.717, 1.165) is 29.9 Å². The van der Waals surface area contributed by atoms with Crippen LogP contribution in [0.5, 0.6) is 5.75 Å². The molecule has 0 saturated carbocycles. The van der Waals surface area contributed by atoms with Crippen LogP contribution in [0.2, 0.25) is 0 Å². The standard InChI is InChI=1S/C9H11NO2/c10-8-3-6-1-2-12-9(6)4-7(8)5-11/h3-4,11H,1-2,5,10H2. The van der Waals surface area contributed by atoms with Crippen LogP contribution in [0.15, 0.2) is 12.1 Å². The van der Waals surface area contributed by atoms with Crippen molar-refractivity contribution in [3.8, 4) is 5.75 Å². The van der Waals surface area contributed by atoms with Crippen LogP contribution in [-0.2, 0) is 13.0 Å². The Morgan fingerprint density at radius 3 is 3.08 bits per heavy atom. The van der Waals surface area contributed by atoms with Crippen molar-refractivity contribution < 1.29 is 9.84 Å². The molecule has 64 valence electrons. The lowest BCUT2D eigenvalue weighted by atomic mass is 10.1. The second-order valence-corrected chi connectivity index (χ2v) is 2.92. The number of anilines is 1. The molecule has 0 fully saturated rings. The topological polar surface area (TPSA) is 55.5 Å². The molecule has 3 N–H and O–H groups in total. The van der Waals surface area contributed by atoms with Crippen LogP contribution in [0.3, 0.4) is 0 Å². The smallest absolute Gasteiger partial charge is 0.123 e. The summed E-state index contributed by atoms with van der Waals surface area (Å²) < 4.78 is 5.33. The highest BCUT2D eigenvalue weighted by molar-refractivity contribution is 5.55. The van der Waals surface area contributed by atoms with Gasteiger partial charge in [-0.1, -0.05) is 0 Å². The van der Waals surface area contributed by atoms with Crippen molar-refractivity contribution in [1.29, 1.82) is 0 Å². The van der Waals surface area contributed by atoms with Crippen molar-refractivity contribution in [3.63, 3.8) is 0 Å². The summed E-state index contributed by atoms with van der Waals surface area (Å²) in [7, 11) is 0. The first-order chi connectivity index (χ1) is 5.81. The largest absolute Gasteiger partial charge is 0.493 e. The summed E-state index contributed by atoms with van der Waals surface area (Å²) in [4.78, 5) is 0. The average Bonchev–Trinajstić information content (AvgIpc) is 2.49. The van der Waals surface area contributed by atoms with Crippen LogP contribution in [-0.4, -0.2) is 11.7 Å². The molecule has 0 saturated heterocycles. The van der Waals surface area contributed by atoms with Gasteiger partial charge in [-0.3, -0.25) is 0 Å². The maximum atomic E-state index is 8.91. The van der Waals surface area contributed by atoms with E-state index in [0.29, 0.717) is 5.69 Å². The van der Waals surface area contributed by atoms with E-state index in [1.165, 1.54) is 0 Å². The minimum absolute atomic E-state index is 0.0253.